The Morgan fingerprint density at radius 2 is 1.17 bits per heavy atom. The van der Waals surface area contributed by atoms with Crippen molar-refractivity contribution in [3.8, 4) is 0 Å². The number of rotatable bonds is 4. The Morgan fingerprint density at radius 1 is 0.700 bits per heavy atom. The van der Waals surface area contributed by atoms with Gasteiger partial charge in [-0.2, -0.15) is 0 Å². The Balaban J connectivity index is 1.86. The molecule has 0 saturated heterocycles. The minimum atomic E-state index is -0.456. The van der Waals surface area contributed by atoms with Gasteiger partial charge in [0.05, 0.1) is 18.0 Å². The molecule has 4 aromatic rings. The molecule has 1 heterocycles. The second-order valence-corrected chi connectivity index (χ2v) is 8.49. The van der Waals surface area contributed by atoms with Gasteiger partial charge in [0.2, 0.25) is 0 Å². The summed E-state index contributed by atoms with van der Waals surface area (Å²) in [5, 5.41) is 3.67. The highest BCUT2D eigenvalue weighted by Crippen LogP contribution is 2.49. The number of nitrogens with zero attached hydrogens (tertiary/aromatic N) is 1. The Hall–Kier alpha value is -3.04. The second-order valence-electron chi connectivity index (χ2n) is 7.64. The summed E-state index contributed by atoms with van der Waals surface area (Å²) in [5.41, 5.74) is 6.93. The van der Waals surface area contributed by atoms with Crippen LogP contribution in [0.2, 0.25) is 0 Å². The van der Waals surface area contributed by atoms with Gasteiger partial charge in [-0.05, 0) is 41.3 Å². The molecule has 0 fully saturated rings. The molecular formula is C27H23BrN2. The summed E-state index contributed by atoms with van der Waals surface area (Å²) in [6, 6.07) is 36.9. The second kappa shape index (κ2) is 7.66. The number of benzene rings is 4. The molecule has 4 aromatic carbocycles. The summed E-state index contributed by atoms with van der Waals surface area (Å²) in [6.07, 6.45) is 0. The number of hydrogen-bond acceptors (Lipinski definition) is 2. The largest absolute Gasteiger partial charge is 0.366 e. The van der Waals surface area contributed by atoms with Crippen molar-refractivity contribution in [1.29, 1.82) is 0 Å². The predicted octanol–water partition coefficient (Wildman–Crippen LogP) is 6.94. The van der Waals surface area contributed by atoms with Gasteiger partial charge in [-0.1, -0.05) is 107 Å². The van der Waals surface area contributed by atoms with Gasteiger partial charge in [0, 0.05) is 4.47 Å². The van der Waals surface area contributed by atoms with E-state index in [4.69, 9.17) is 0 Å². The zero-order valence-corrected chi connectivity index (χ0v) is 18.4. The number of hydrogen-bond donors (Lipinski definition) is 1. The van der Waals surface area contributed by atoms with Crippen molar-refractivity contribution >= 4 is 27.3 Å². The predicted molar refractivity (Wildman–Crippen MR) is 129 cm³/mol. The Morgan fingerprint density at radius 3 is 1.63 bits per heavy atom. The van der Waals surface area contributed by atoms with Crippen molar-refractivity contribution in [2.45, 2.75) is 12.5 Å². The van der Waals surface area contributed by atoms with Gasteiger partial charge in [0.25, 0.3) is 0 Å². The molecule has 0 radical (unpaired) electrons. The summed E-state index contributed by atoms with van der Waals surface area (Å²) >= 11 is 3.70. The normalized spacial score (nSPS) is 13.1. The molecular weight excluding hydrogens is 432 g/mol. The molecule has 5 rings (SSSR count). The fourth-order valence-electron chi connectivity index (χ4n) is 4.67. The van der Waals surface area contributed by atoms with Crippen LogP contribution in [0.3, 0.4) is 0 Å². The van der Waals surface area contributed by atoms with E-state index in [1.807, 2.05) is 0 Å². The summed E-state index contributed by atoms with van der Waals surface area (Å²) in [4.78, 5) is 2.50. The van der Waals surface area contributed by atoms with E-state index in [0.29, 0.717) is 0 Å². The minimum absolute atomic E-state index is 0.456. The lowest BCUT2D eigenvalue weighted by atomic mass is 9.75. The van der Waals surface area contributed by atoms with Crippen molar-refractivity contribution in [2.75, 3.05) is 16.9 Å². The lowest BCUT2D eigenvalue weighted by Crippen LogP contribution is -2.48. The third kappa shape index (κ3) is 2.85. The minimum Gasteiger partial charge on any atom is -0.366 e. The maximum atomic E-state index is 3.70. The van der Waals surface area contributed by atoms with Crippen LogP contribution < -0.4 is 10.2 Å². The summed E-state index contributed by atoms with van der Waals surface area (Å²) < 4.78 is 1.13. The molecule has 3 heteroatoms. The monoisotopic (exact) mass is 454 g/mol. The smallest absolute Gasteiger partial charge is 0.118 e. The SMILES string of the molecule is Cc1c(Br)ccc2c1NCN2C(c1ccccc1)(c1ccccc1)c1ccccc1. The number of anilines is 2. The van der Waals surface area contributed by atoms with Crippen LogP contribution in [-0.4, -0.2) is 6.67 Å². The molecule has 0 atom stereocenters. The number of fused-ring (bicyclic) bond motifs is 1. The molecule has 0 spiro atoms. The van der Waals surface area contributed by atoms with E-state index in [9.17, 15) is 0 Å². The van der Waals surface area contributed by atoms with Crippen LogP contribution in [-0.2, 0) is 5.54 Å². The van der Waals surface area contributed by atoms with Crippen molar-refractivity contribution < 1.29 is 0 Å². The lowest BCUT2D eigenvalue weighted by molar-refractivity contribution is 0.584. The molecule has 0 amide bonds. The molecule has 2 nitrogen and oxygen atoms in total. The molecule has 148 valence electrons. The van der Waals surface area contributed by atoms with Gasteiger partial charge in [-0.25, -0.2) is 0 Å². The van der Waals surface area contributed by atoms with Crippen LogP contribution >= 0.6 is 15.9 Å². The van der Waals surface area contributed by atoms with E-state index >= 15 is 0 Å². The zero-order valence-electron chi connectivity index (χ0n) is 16.8. The van der Waals surface area contributed by atoms with Gasteiger partial charge in [0.1, 0.15) is 5.54 Å². The molecule has 1 aliphatic heterocycles. The van der Waals surface area contributed by atoms with Crippen molar-refractivity contribution in [2.24, 2.45) is 0 Å². The summed E-state index contributed by atoms with van der Waals surface area (Å²) in [7, 11) is 0. The van der Waals surface area contributed by atoms with Gasteiger partial charge in [-0.15, -0.1) is 0 Å². The van der Waals surface area contributed by atoms with Crippen LogP contribution in [0.4, 0.5) is 11.4 Å². The number of nitrogens with one attached hydrogen (secondary N) is 1. The first-order valence-corrected chi connectivity index (χ1v) is 11.0. The Bertz CT molecular complexity index is 1060. The van der Waals surface area contributed by atoms with Crippen LogP contribution in [0.25, 0.3) is 0 Å². The van der Waals surface area contributed by atoms with E-state index in [1.54, 1.807) is 0 Å². The van der Waals surface area contributed by atoms with E-state index in [1.165, 1.54) is 33.6 Å². The third-order valence-corrected chi connectivity index (χ3v) is 6.92. The van der Waals surface area contributed by atoms with Crippen LogP contribution in [0, 0.1) is 6.92 Å². The van der Waals surface area contributed by atoms with Crippen molar-refractivity contribution in [3.05, 3.63) is 130 Å². The van der Waals surface area contributed by atoms with Gasteiger partial charge >= 0.3 is 0 Å². The highest BCUT2D eigenvalue weighted by atomic mass is 79.9. The van der Waals surface area contributed by atoms with E-state index < -0.39 is 5.54 Å². The molecule has 1 aliphatic rings. The molecule has 0 unspecified atom stereocenters. The zero-order chi connectivity index (χ0) is 20.6. The first-order valence-electron chi connectivity index (χ1n) is 10.2. The van der Waals surface area contributed by atoms with Crippen molar-refractivity contribution in [3.63, 3.8) is 0 Å². The number of halogens is 1. The van der Waals surface area contributed by atoms with E-state index in [0.717, 1.165) is 11.1 Å². The first-order chi connectivity index (χ1) is 14.7. The van der Waals surface area contributed by atoms with Gasteiger partial charge in [0.15, 0.2) is 0 Å². The quantitative estimate of drug-likeness (QED) is 0.336. The van der Waals surface area contributed by atoms with E-state index in [-0.39, 0.29) is 0 Å². The molecule has 0 aromatic heterocycles. The van der Waals surface area contributed by atoms with Gasteiger partial charge < -0.3 is 10.2 Å². The average Bonchev–Trinajstić information content (AvgIpc) is 3.24. The average molecular weight is 455 g/mol. The summed E-state index contributed by atoms with van der Waals surface area (Å²) in [5.74, 6) is 0. The first kappa shape index (κ1) is 19.0. The fourth-order valence-corrected chi connectivity index (χ4v) is 5.00. The molecule has 30 heavy (non-hydrogen) atoms. The highest BCUT2D eigenvalue weighted by molar-refractivity contribution is 9.10. The standard InChI is InChI=1S/C27H23BrN2/c1-20-24(28)17-18-25-26(20)29-19-30(25)27(21-11-5-2-6-12-21,22-13-7-3-8-14-22)23-15-9-4-10-16-23/h2-18,29H,19H2,1H3. The van der Waals surface area contributed by atoms with E-state index in [2.05, 4.69) is 136 Å². The summed E-state index contributed by atoms with van der Waals surface area (Å²) in [6.45, 7) is 2.89. The molecule has 0 bridgehead atoms. The highest BCUT2D eigenvalue weighted by Gasteiger charge is 2.45. The molecule has 0 aliphatic carbocycles. The maximum Gasteiger partial charge on any atom is 0.118 e. The topological polar surface area (TPSA) is 15.3 Å². The van der Waals surface area contributed by atoms with Crippen LogP contribution in [0.5, 0.6) is 0 Å². The Labute approximate surface area is 186 Å². The molecule has 0 saturated carbocycles. The van der Waals surface area contributed by atoms with Gasteiger partial charge in [-0.3, -0.25) is 0 Å². The molecule has 1 N–H and O–H groups in total. The van der Waals surface area contributed by atoms with Crippen LogP contribution in [0.1, 0.15) is 22.3 Å². The van der Waals surface area contributed by atoms with Crippen molar-refractivity contribution in [1.82, 2.24) is 0 Å². The Kier molecular flexibility index (Phi) is 4.84. The lowest BCUT2D eigenvalue weighted by Gasteiger charge is -2.44. The van der Waals surface area contributed by atoms with Crippen LogP contribution in [0.15, 0.2) is 108 Å². The fraction of sp³-hybridized carbons (Fsp3) is 0.111. The maximum absolute atomic E-state index is 3.70. The third-order valence-electron chi connectivity index (χ3n) is 6.06.